The topological polar surface area (TPSA) is 63.5 Å². The average molecular weight is 358 g/mol. The van der Waals surface area contributed by atoms with Crippen molar-refractivity contribution in [1.82, 2.24) is 20.4 Å². The van der Waals surface area contributed by atoms with Gasteiger partial charge in [-0.3, -0.25) is 4.68 Å². The first-order valence-electron chi connectivity index (χ1n) is 9.11. The van der Waals surface area contributed by atoms with Gasteiger partial charge in [0, 0.05) is 31.4 Å². The zero-order chi connectivity index (χ0) is 19.1. The van der Waals surface area contributed by atoms with Crippen LogP contribution >= 0.6 is 0 Å². The van der Waals surface area contributed by atoms with Crippen LogP contribution in [0, 0.1) is 20.8 Å². The van der Waals surface area contributed by atoms with E-state index in [2.05, 4.69) is 55.6 Å². The van der Waals surface area contributed by atoms with E-state index in [1.165, 1.54) is 16.8 Å². The third kappa shape index (κ3) is 5.00. The van der Waals surface area contributed by atoms with Crippen LogP contribution in [0.4, 0.5) is 0 Å². The average Bonchev–Trinajstić information content (AvgIpc) is 2.86. The van der Waals surface area contributed by atoms with Gasteiger partial charge in [0.05, 0.1) is 19.3 Å². The SMILES string of the molecule is CCNC(=NCc1ccc(C)cc1OC)NCCc1c(C)nn(C)c1C. The Morgan fingerprint density at radius 3 is 2.62 bits per heavy atom. The summed E-state index contributed by atoms with van der Waals surface area (Å²) in [5.41, 5.74) is 5.88. The van der Waals surface area contributed by atoms with Crippen molar-refractivity contribution >= 4 is 5.96 Å². The van der Waals surface area contributed by atoms with Crippen LogP contribution in [-0.4, -0.2) is 35.9 Å². The van der Waals surface area contributed by atoms with E-state index in [0.717, 1.165) is 42.5 Å². The molecule has 2 aromatic rings. The van der Waals surface area contributed by atoms with Gasteiger partial charge in [-0.1, -0.05) is 12.1 Å². The fourth-order valence-electron chi connectivity index (χ4n) is 2.97. The molecule has 0 unspecified atom stereocenters. The first kappa shape index (κ1) is 19.8. The number of guanidine groups is 1. The maximum absolute atomic E-state index is 5.47. The molecule has 1 aromatic carbocycles. The second kappa shape index (κ2) is 9.27. The highest BCUT2D eigenvalue weighted by Gasteiger charge is 2.09. The Kier molecular flexibility index (Phi) is 7.06. The lowest BCUT2D eigenvalue weighted by Crippen LogP contribution is -2.38. The smallest absolute Gasteiger partial charge is 0.191 e. The van der Waals surface area contributed by atoms with Crippen LogP contribution in [0.5, 0.6) is 5.75 Å². The number of methoxy groups -OCH3 is 1. The Morgan fingerprint density at radius 2 is 2.00 bits per heavy atom. The van der Waals surface area contributed by atoms with Crippen molar-refractivity contribution in [2.75, 3.05) is 20.2 Å². The van der Waals surface area contributed by atoms with Gasteiger partial charge in [0.2, 0.25) is 0 Å². The Labute approximate surface area is 156 Å². The van der Waals surface area contributed by atoms with Crippen LogP contribution < -0.4 is 15.4 Å². The van der Waals surface area contributed by atoms with E-state index >= 15 is 0 Å². The zero-order valence-electron chi connectivity index (χ0n) is 16.8. The van der Waals surface area contributed by atoms with Gasteiger partial charge in [-0.05, 0) is 51.3 Å². The highest BCUT2D eigenvalue weighted by Crippen LogP contribution is 2.20. The number of aliphatic imine (C=N–C) groups is 1. The molecule has 2 rings (SSSR count). The molecule has 2 N–H and O–H groups in total. The zero-order valence-corrected chi connectivity index (χ0v) is 16.8. The Bertz CT molecular complexity index is 764. The summed E-state index contributed by atoms with van der Waals surface area (Å²) in [6.45, 7) is 10.5. The van der Waals surface area contributed by atoms with Crippen molar-refractivity contribution in [3.63, 3.8) is 0 Å². The lowest BCUT2D eigenvalue weighted by Gasteiger charge is -2.12. The van der Waals surface area contributed by atoms with Crippen molar-refractivity contribution in [2.24, 2.45) is 12.0 Å². The van der Waals surface area contributed by atoms with E-state index in [-0.39, 0.29) is 0 Å². The van der Waals surface area contributed by atoms with Crippen molar-refractivity contribution in [3.8, 4) is 5.75 Å². The summed E-state index contributed by atoms with van der Waals surface area (Å²) in [5.74, 6) is 1.69. The molecule has 142 valence electrons. The first-order chi connectivity index (χ1) is 12.5. The van der Waals surface area contributed by atoms with Gasteiger partial charge in [0.15, 0.2) is 5.96 Å². The number of ether oxygens (including phenoxy) is 1. The summed E-state index contributed by atoms with van der Waals surface area (Å²) >= 11 is 0. The monoisotopic (exact) mass is 357 g/mol. The molecular weight excluding hydrogens is 326 g/mol. The second-order valence-corrected chi connectivity index (χ2v) is 6.46. The molecule has 0 aliphatic rings. The number of aromatic nitrogens is 2. The molecule has 0 spiro atoms. The summed E-state index contributed by atoms with van der Waals surface area (Å²) < 4.78 is 7.40. The predicted molar refractivity (Wildman–Crippen MR) is 107 cm³/mol. The summed E-state index contributed by atoms with van der Waals surface area (Å²) in [6.07, 6.45) is 0.920. The minimum atomic E-state index is 0.573. The van der Waals surface area contributed by atoms with Gasteiger partial charge >= 0.3 is 0 Å². The molecular formula is C20H31N5O. The molecule has 0 saturated heterocycles. The second-order valence-electron chi connectivity index (χ2n) is 6.46. The molecule has 0 aliphatic carbocycles. The van der Waals surface area contributed by atoms with Gasteiger partial charge in [-0.25, -0.2) is 4.99 Å². The van der Waals surface area contributed by atoms with Crippen LogP contribution in [0.25, 0.3) is 0 Å². The van der Waals surface area contributed by atoms with Crippen molar-refractivity contribution in [3.05, 3.63) is 46.3 Å². The fourth-order valence-corrected chi connectivity index (χ4v) is 2.97. The Morgan fingerprint density at radius 1 is 1.23 bits per heavy atom. The standard InChI is InChI=1S/C20H31N5O/c1-7-21-20(22-11-10-18-15(3)24-25(5)16(18)4)23-13-17-9-8-14(2)12-19(17)26-6/h8-9,12H,7,10-11,13H2,1-6H3,(H2,21,22,23). The van der Waals surface area contributed by atoms with Gasteiger partial charge in [0.25, 0.3) is 0 Å². The summed E-state index contributed by atoms with van der Waals surface area (Å²) in [7, 11) is 3.68. The van der Waals surface area contributed by atoms with E-state index in [1.54, 1.807) is 7.11 Å². The lowest BCUT2D eigenvalue weighted by molar-refractivity contribution is 0.409. The van der Waals surface area contributed by atoms with Gasteiger partial charge in [-0.15, -0.1) is 0 Å². The third-order valence-corrected chi connectivity index (χ3v) is 4.52. The molecule has 0 saturated carbocycles. The van der Waals surface area contributed by atoms with Crippen molar-refractivity contribution < 1.29 is 4.74 Å². The third-order valence-electron chi connectivity index (χ3n) is 4.52. The van der Waals surface area contributed by atoms with Crippen molar-refractivity contribution in [2.45, 2.75) is 40.7 Å². The minimum absolute atomic E-state index is 0.573. The van der Waals surface area contributed by atoms with E-state index in [9.17, 15) is 0 Å². The minimum Gasteiger partial charge on any atom is -0.496 e. The molecule has 0 atom stereocenters. The molecule has 26 heavy (non-hydrogen) atoms. The highest BCUT2D eigenvalue weighted by molar-refractivity contribution is 5.79. The summed E-state index contributed by atoms with van der Waals surface area (Å²) in [5, 5.41) is 11.2. The molecule has 0 bridgehead atoms. The molecule has 6 nitrogen and oxygen atoms in total. The molecule has 1 heterocycles. The molecule has 6 heteroatoms. The van der Waals surface area contributed by atoms with Gasteiger partial charge in [0.1, 0.15) is 5.75 Å². The van der Waals surface area contributed by atoms with Crippen LogP contribution in [0.1, 0.15) is 35.0 Å². The maximum atomic E-state index is 5.47. The molecule has 1 aromatic heterocycles. The number of hydrogen-bond acceptors (Lipinski definition) is 3. The molecule has 0 aliphatic heterocycles. The number of nitrogens with zero attached hydrogens (tertiary/aromatic N) is 3. The highest BCUT2D eigenvalue weighted by atomic mass is 16.5. The van der Waals surface area contributed by atoms with Crippen LogP contribution in [0.2, 0.25) is 0 Å². The van der Waals surface area contributed by atoms with Crippen LogP contribution in [0.3, 0.4) is 0 Å². The van der Waals surface area contributed by atoms with E-state index in [4.69, 9.17) is 9.73 Å². The normalized spacial score (nSPS) is 11.5. The van der Waals surface area contributed by atoms with E-state index < -0.39 is 0 Å². The van der Waals surface area contributed by atoms with E-state index in [1.807, 2.05) is 17.8 Å². The number of benzene rings is 1. The summed E-state index contributed by atoms with van der Waals surface area (Å²) in [6, 6.07) is 6.20. The Hall–Kier alpha value is -2.50. The lowest BCUT2D eigenvalue weighted by atomic mass is 10.1. The number of hydrogen-bond donors (Lipinski definition) is 2. The van der Waals surface area contributed by atoms with E-state index in [0.29, 0.717) is 6.54 Å². The van der Waals surface area contributed by atoms with Crippen LogP contribution in [0.15, 0.2) is 23.2 Å². The predicted octanol–water partition coefficient (Wildman–Crippen LogP) is 2.65. The number of aryl methyl sites for hydroxylation is 3. The molecule has 0 fully saturated rings. The Balaban J connectivity index is 2.00. The number of nitrogens with one attached hydrogen (secondary N) is 2. The molecule has 0 amide bonds. The molecule has 0 radical (unpaired) electrons. The van der Waals surface area contributed by atoms with Gasteiger partial charge in [-0.2, -0.15) is 5.10 Å². The fraction of sp³-hybridized carbons (Fsp3) is 0.500. The quantitative estimate of drug-likeness (QED) is 0.591. The maximum Gasteiger partial charge on any atom is 0.191 e. The van der Waals surface area contributed by atoms with Crippen LogP contribution in [-0.2, 0) is 20.0 Å². The summed E-state index contributed by atoms with van der Waals surface area (Å²) in [4.78, 5) is 4.70. The van der Waals surface area contributed by atoms with Crippen molar-refractivity contribution in [1.29, 1.82) is 0 Å². The number of rotatable bonds is 7. The van der Waals surface area contributed by atoms with Gasteiger partial charge < -0.3 is 15.4 Å². The largest absolute Gasteiger partial charge is 0.496 e. The first-order valence-corrected chi connectivity index (χ1v) is 9.11.